The standard InChI is InChI=1S/C63H106O6/c1-4-7-10-13-16-19-22-25-26-27-28-29-30-31-32-33-34-35-36-39-41-44-47-50-53-56-62(65)68-59-60(69-63(66)57-54-51-48-45-42-38-24-21-18-15-12-9-6-3)58-67-61(64)55-52-49-46-43-40-37-23-20-17-14-11-8-5-2/h9,11-12,14,18,20-23,25,27-28,30-31,38,42,60H,4-8,10,13,15-17,19,24,26,29,32-37,39-41,43-59H2,1-3H3/b12-9-,14-11-,21-18-,23-20-,25-22-,28-27-,31-30-,42-38-. The minimum absolute atomic E-state index is 0.0967. The molecule has 394 valence electrons. The Labute approximate surface area is 426 Å². The molecular weight excluding hydrogens is 853 g/mol. The number of ether oxygens (including phenoxy) is 3. The zero-order valence-corrected chi connectivity index (χ0v) is 45.0. The summed E-state index contributed by atoms with van der Waals surface area (Å²) in [4.78, 5) is 38.1. The molecule has 1 atom stereocenters. The zero-order chi connectivity index (χ0) is 50.0. The number of rotatable bonds is 51. The molecule has 0 aliphatic heterocycles. The third-order valence-electron chi connectivity index (χ3n) is 12.0. The molecule has 0 radical (unpaired) electrons. The molecule has 6 heteroatoms. The van der Waals surface area contributed by atoms with E-state index < -0.39 is 6.10 Å². The van der Waals surface area contributed by atoms with Crippen LogP contribution in [0, 0.1) is 0 Å². The molecule has 0 fully saturated rings. The maximum absolute atomic E-state index is 12.8. The van der Waals surface area contributed by atoms with Crippen LogP contribution in [0.3, 0.4) is 0 Å². The lowest BCUT2D eigenvalue weighted by atomic mass is 10.1. The van der Waals surface area contributed by atoms with E-state index in [1.807, 2.05) is 0 Å². The van der Waals surface area contributed by atoms with E-state index in [9.17, 15) is 14.4 Å². The first-order valence-electron chi connectivity index (χ1n) is 28.7. The van der Waals surface area contributed by atoms with Gasteiger partial charge in [0.15, 0.2) is 6.10 Å². The van der Waals surface area contributed by atoms with Gasteiger partial charge in [-0.05, 0) is 116 Å². The van der Waals surface area contributed by atoms with Gasteiger partial charge in [0, 0.05) is 19.3 Å². The number of allylic oxidation sites excluding steroid dienone is 16. The van der Waals surface area contributed by atoms with E-state index in [-0.39, 0.29) is 37.5 Å². The van der Waals surface area contributed by atoms with Gasteiger partial charge in [-0.15, -0.1) is 0 Å². The SMILES string of the molecule is CC/C=C\C/C=C\C/C=C\CCCCCC(=O)OC(COC(=O)CCCCCCC/C=C\C/C=C\CCC)COC(=O)CCCCCCCCCCCC/C=C\C/C=C\C/C=C\CCCCCCC. The first-order chi connectivity index (χ1) is 34.0. The normalized spacial score (nSPS) is 12.8. The van der Waals surface area contributed by atoms with E-state index in [1.54, 1.807) is 0 Å². The molecule has 0 spiro atoms. The van der Waals surface area contributed by atoms with Crippen LogP contribution in [0.25, 0.3) is 0 Å². The Morgan fingerprint density at radius 3 is 0.957 bits per heavy atom. The van der Waals surface area contributed by atoms with Gasteiger partial charge in [0.1, 0.15) is 13.2 Å². The van der Waals surface area contributed by atoms with Crippen LogP contribution in [0.1, 0.15) is 265 Å². The summed E-state index contributed by atoms with van der Waals surface area (Å²) in [7, 11) is 0. The lowest BCUT2D eigenvalue weighted by Gasteiger charge is -2.18. The zero-order valence-electron chi connectivity index (χ0n) is 45.0. The number of hydrogen-bond donors (Lipinski definition) is 0. The third kappa shape index (κ3) is 55.1. The minimum atomic E-state index is -0.801. The van der Waals surface area contributed by atoms with Gasteiger partial charge in [-0.1, -0.05) is 227 Å². The average Bonchev–Trinajstić information content (AvgIpc) is 3.35. The molecule has 0 heterocycles. The van der Waals surface area contributed by atoms with Gasteiger partial charge in [0.05, 0.1) is 0 Å². The van der Waals surface area contributed by atoms with Crippen LogP contribution >= 0.6 is 0 Å². The second kappa shape index (κ2) is 56.9. The van der Waals surface area contributed by atoms with Crippen molar-refractivity contribution in [3.8, 4) is 0 Å². The highest BCUT2D eigenvalue weighted by molar-refractivity contribution is 5.71. The molecule has 0 aliphatic rings. The van der Waals surface area contributed by atoms with E-state index in [2.05, 4.69) is 118 Å². The summed E-state index contributed by atoms with van der Waals surface area (Å²) in [5, 5.41) is 0. The summed E-state index contributed by atoms with van der Waals surface area (Å²) in [6, 6.07) is 0. The highest BCUT2D eigenvalue weighted by atomic mass is 16.6. The topological polar surface area (TPSA) is 78.9 Å². The second-order valence-corrected chi connectivity index (χ2v) is 18.8. The van der Waals surface area contributed by atoms with Gasteiger partial charge in [0.25, 0.3) is 0 Å². The number of hydrogen-bond acceptors (Lipinski definition) is 6. The first kappa shape index (κ1) is 65.3. The summed E-state index contributed by atoms with van der Waals surface area (Å²) in [6.45, 7) is 6.41. The predicted molar refractivity (Wildman–Crippen MR) is 297 cm³/mol. The molecule has 0 saturated carbocycles. The molecule has 0 amide bonds. The Morgan fingerprint density at radius 2 is 0.594 bits per heavy atom. The van der Waals surface area contributed by atoms with Crippen molar-refractivity contribution in [2.24, 2.45) is 0 Å². The molecule has 0 saturated heterocycles. The maximum Gasteiger partial charge on any atom is 0.306 e. The fourth-order valence-corrected chi connectivity index (χ4v) is 7.74. The van der Waals surface area contributed by atoms with Gasteiger partial charge < -0.3 is 14.2 Å². The van der Waals surface area contributed by atoms with E-state index in [0.29, 0.717) is 12.8 Å². The lowest BCUT2D eigenvalue weighted by Crippen LogP contribution is -2.30. The van der Waals surface area contributed by atoms with Crippen molar-refractivity contribution in [3.63, 3.8) is 0 Å². The van der Waals surface area contributed by atoms with Crippen molar-refractivity contribution in [1.29, 1.82) is 0 Å². The number of unbranched alkanes of at least 4 members (excludes halogenated alkanes) is 24. The van der Waals surface area contributed by atoms with Crippen LogP contribution < -0.4 is 0 Å². The summed E-state index contributed by atoms with van der Waals surface area (Å²) < 4.78 is 16.8. The van der Waals surface area contributed by atoms with Crippen molar-refractivity contribution < 1.29 is 28.6 Å². The van der Waals surface area contributed by atoms with E-state index in [1.165, 1.54) is 96.3 Å². The molecule has 0 aromatic heterocycles. The fourth-order valence-electron chi connectivity index (χ4n) is 7.74. The minimum Gasteiger partial charge on any atom is -0.462 e. The number of esters is 3. The Hall–Kier alpha value is -3.67. The van der Waals surface area contributed by atoms with Crippen molar-refractivity contribution in [2.45, 2.75) is 271 Å². The van der Waals surface area contributed by atoms with Crippen molar-refractivity contribution in [3.05, 3.63) is 97.2 Å². The highest BCUT2D eigenvalue weighted by Crippen LogP contribution is 2.14. The largest absolute Gasteiger partial charge is 0.462 e. The molecule has 0 rings (SSSR count). The molecule has 69 heavy (non-hydrogen) atoms. The van der Waals surface area contributed by atoms with E-state index >= 15 is 0 Å². The van der Waals surface area contributed by atoms with Gasteiger partial charge in [-0.3, -0.25) is 14.4 Å². The van der Waals surface area contributed by atoms with Gasteiger partial charge in [0.2, 0.25) is 0 Å². The smallest absolute Gasteiger partial charge is 0.306 e. The van der Waals surface area contributed by atoms with E-state index in [0.717, 1.165) is 128 Å². The Morgan fingerprint density at radius 1 is 0.304 bits per heavy atom. The van der Waals surface area contributed by atoms with Crippen LogP contribution in [-0.2, 0) is 28.6 Å². The van der Waals surface area contributed by atoms with Crippen LogP contribution in [0.4, 0.5) is 0 Å². The van der Waals surface area contributed by atoms with E-state index in [4.69, 9.17) is 14.2 Å². The van der Waals surface area contributed by atoms with Crippen molar-refractivity contribution in [2.75, 3.05) is 13.2 Å². The summed E-state index contributed by atoms with van der Waals surface area (Å²) in [5.74, 6) is -0.944. The van der Waals surface area contributed by atoms with Gasteiger partial charge >= 0.3 is 17.9 Å². The fraction of sp³-hybridized carbons (Fsp3) is 0.698. The summed E-state index contributed by atoms with van der Waals surface area (Å²) in [5.41, 5.74) is 0. The van der Waals surface area contributed by atoms with Crippen LogP contribution in [-0.4, -0.2) is 37.2 Å². The molecule has 1 unspecified atom stereocenters. The Balaban J connectivity index is 4.32. The maximum atomic E-state index is 12.8. The molecule has 0 aliphatic carbocycles. The van der Waals surface area contributed by atoms with Crippen LogP contribution in [0.2, 0.25) is 0 Å². The molecule has 0 aromatic rings. The van der Waals surface area contributed by atoms with Gasteiger partial charge in [-0.25, -0.2) is 0 Å². The molecular formula is C63H106O6. The van der Waals surface area contributed by atoms with Gasteiger partial charge in [-0.2, -0.15) is 0 Å². The lowest BCUT2D eigenvalue weighted by molar-refractivity contribution is -0.167. The van der Waals surface area contributed by atoms with Crippen LogP contribution in [0.5, 0.6) is 0 Å². The quantitative estimate of drug-likeness (QED) is 0.0262. The first-order valence-corrected chi connectivity index (χ1v) is 28.7. The monoisotopic (exact) mass is 959 g/mol. The molecule has 0 aromatic carbocycles. The number of carbonyl (C=O) groups excluding carboxylic acids is 3. The molecule has 0 bridgehead atoms. The number of carbonyl (C=O) groups is 3. The highest BCUT2D eigenvalue weighted by Gasteiger charge is 2.19. The van der Waals surface area contributed by atoms with Crippen molar-refractivity contribution in [1.82, 2.24) is 0 Å². The average molecular weight is 960 g/mol. The molecule has 6 nitrogen and oxygen atoms in total. The Bertz CT molecular complexity index is 1380. The third-order valence-corrected chi connectivity index (χ3v) is 12.0. The molecule has 0 N–H and O–H groups in total. The summed E-state index contributed by atoms with van der Waals surface area (Å²) in [6.07, 6.45) is 75.5. The predicted octanol–water partition coefficient (Wildman–Crippen LogP) is 19.3. The summed E-state index contributed by atoms with van der Waals surface area (Å²) >= 11 is 0. The van der Waals surface area contributed by atoms with Crippen LogP contribution in [0.15, 0.2) is 97.2 Å². The second-order valence-electron chi connectivity index (χ2n) is 18.8. The Kier molecular flexibility index (Phi) is 53.9. The van der Waals surface area contributed by atoms with Crippen molar-refractivity contribution >= 4 is 17.9 Å².